The number of benzene rings is 2. The molecule has 0 aliphatic carbocycles. The number of rotatable bonds is 10. The molecule has 0 saturated heterocycles. The summed E-state index contributed by atoms with van der Waals surface area (Å²) in [6, 6.07) is 12.1. The Kier molecular flexibility index (Phi) is 9.31. The standard InChI is InChI=1S/C24H32ClN3O4S/c1-17-13-18(2)15-21(14-17)28(33(5,31)32)12-8-11-23(29)27(19(3)24(30)26-4)16-20-9-6-7-10-22(20)25/h6-7,9-10,13-15,19H,8,11-12,16H2,1-5H3,(H,26,30)/t19-/m0/s1. The van der Waals surface area contributed by atoms with Crippen LogP contribution in [0.4, 0.5) is 5.69 Å². The Bertz CT molecular complexity index is 1080. The van der Waals surface area contributed by atoms with E-state index >= 15 is 0 Å². The average Bonchev–Trinajstić information content (AvgIpc) is 2.73. The Balaban J connectivity index is 2.18. The zero-order chi connectivity index (χ0) is 24.8. The van der Waals surface area contributed by atoms with Crippen LogP contribution in [0, 0.1) is 13.8 Å². The molecule has 0 unspecified atom stereocenters. The van der Waals surface area contributed by atoms with Gasteiger partial charge in [0.05, 0.1) is 11.9 Å². The lowest BCUT2D eigenvalue weighted by atomic mass is 10.1. The Labute approximate surface area is 201 Å². The van der Waals surface area contributed by atoms with Crippen molar-refractivity contribution in [2.75, 3.05) is 24.2 Å². The first-order valence-corrected chi connectivity index (χ1v) is 13.0. The molecule has 9 heteroatoms. The molecule has 0 aliphatic heterocycles. The summed E-state index contributed by atoms with van der Waals surface area (Å²) in [7, 11) is -2.01. The van der Waals surface area contributed by atoms with Crippen molar-refractivity contribution >= 4 is 39.1 Å². The highest BCUT2D eigenvalue weighted by Gasteiger charge is 2.26. The minimum atomic E-state index is -3.53. The third-order valence-electron chi connectivity index (χ3n) is 5.36. The van der Waals surface area contributed by atoms with Gasteiger partial charge in [0.25, 0.3) is 0 Å². The Morgan fingerprint density at radius 3 is 2.24 bits per heavy atom. The maximum Gasteiger partial charge on any atom is 0.242 e. The van der Waals surface area contributed by atoms with Crippen molar-refractivity contribution in [3.63, 3.8) is 0 Å². The molecular formula is C24H32ClN3O4S. The van der Waals surface area contributed by atoms with E-state index in [-0.39, 0.29) is 31.3 Å². The smallest absolute Gasteiger partial charge is 0.242 e. The minimum absolute atomic E-state index is 0.0859. The van der Waals surface area contributed by atoms with Crippen LogP contribution in [0.3, 0.4) is 0 Å². The van der Waals surface area contributed by atoms with Gasteiger partial charge in [-0.15, -0.1) is 0 Å². The summed E-state index contributed by atoms with van der Waals surface area (Å²) in [6.45, 7) is 5.81. The molecule has 2 aromatic carbocycles. The van der Waals surface area contributed by atoms with Crippen molar-refractivity contribution < 1.29 is 18.0 Å². The fourth-order valence-electron chi connectivity index (χ4n) is 3.70. The highest BCUT2D eigenvalue weighted by atomic mass is 35.5. The van der Waals surface area contributed by atoms with Crippen LogP contribution >= 0.6 is 11.6 Å². The number of hydrogen-bond acceptors (Lipinski definition) is 4. The van der Waals surface area contributed by atoms with Crippen molar-refractivity contribution in [2.24, 2.45) is 0 Å². The maximum atomic E-state index is 13.1. The lowest BCUT2D eigenvalue weighted by Gasteiger charge is -2.29. The number of carbonyl (C=O) groups is 2. The Morgan fingerprint density at radius 1 is 1.09 bits per heavy atom. The quantitative estimate of drug-likeness (QED) is 0.547. The molecule has 0 bridgehead atoms. The normalized spacial score (nSPS) is 12.2. The summed E-state index contributed by atoms with van der Waals surface area (Å²) < 4.78 is 26.2. The van der Waals surface area contributed by atoms with E-state index in [9.17, 15) is 18.0 Å². The molecule has 33 heavy (non-hydrogen) atoms. The number of carbonyl (C=O) groups excluding carboxylic acids is 2. The van der Waals surface area contributed by atoms with Crippen LogP contribution in [0.5, 0.6) is 0 Å². The largest absolute Gasteiger partial charge is 0.357 e. The Morgan fingerprint density at radius 2 is 1.70 bits per heavy atom. The monoisotopic (exact) mass is 493 g/mol. The number of nitrogens with zero attached hydrogens (tertiary/aromatic N) is 2. The molecule has 0 aromatic heterocycles. The van der Waals surface area contributed by atoms with Gasteiger partial charge in [-0.05, 0) is 62.1 Å². The van der Waals surface area contributed by atoms with E-state index in [2.05, 4.69) is 5.32 Å². The molecule has 180 valence electrons. The van der Waals surface area contributed by atoms with Gasteiger partial charge in [-0.3, -0.25) is 13.9 Å². The second kappa shape index (κ2) is 11.5. The molecule has 7 nitrogen and oxygen atoms in total. The van der Waals surface area contributed by atoms with Crippen molar-refractivity contribution in [2.45, 2.75) is 46.2 Å². The fourth-order valence-corrected chi connectivity index (χ4v) is 4.84. The fraction of sp³-hybridized carbons (Fsp3) is 0.417. The van der Waals surface area contributed by atoms with Gasteiger partial charge in [-0.1, -0.05) is 35.9 Å². The maximum absolute atomic E-state index is 13.1. The molecule has 0 spiro atoms. The third kappa shape index (κ3) is 7.47. The zero-order valence-electron chi connectivity index (χ0n) is 19.8. The highest BCUT2D eigenvalue weighted by molar-refractivity contribution is 7.92. The lowest BCUT2D eigenvalue weighted by Crippen LogP contribution is -2.46. The van der Waals surface area contributed by atoms with Gasteiger partial charge in [0.1, 0.15) is 6.04 Å². The van der Waals surface area contributed by atoms with Gasteiger partial charge >= 0.3 is 0 Å². The number of likely N-dealkylation sites (N-methyl/N-ethyl adjacent to an activating group) is 1. The van der Waals surface area contributed by atoms with E-state index in [1.807, 2.05) is 44.2 Å². The number of amides is 2. The van der Waals surface area contributed by atoms with E-state index in [0.29, 0.717) is 17.1 Å². The second-order valence-electron chi connectivity index (χ2n) is 8.19. The number of aryl methyl sites for hydroxylation is 2. The van der Waals surface area contributed by atoms with Crippen LogP contribution in [0.1, 0.15) is 36.5 Å². The van der Waals surface area contributed by atoms with Crippen LogP contribution in [-0.2, 0) is 26.2 Å². The number of halogens is 1. The van der Waals surface area contributed by atoms with Crippen LogP contribution in [0.25, 0.3) is 0 Å². The molecule has 0 fully saturated rings. The van der Waals surface area contributed by atoms with E-state index in [0.717, 1.165) is 22.9 Å². The molecule has 0 aliphatic rings. The van der Waals surface area contributed by atoms with E-state index in [4.69, 9.17) is 11.6 Å². The summed E-state index contributed by atoms with van der Waals surface area (Å²) >= 11 is 6.27. The lowest BCUT2D eigenvalue weighted by molar-refractivity contribution is -0.140. The van der Waals surface area contributed by atoms with Crippen molar-refractivity contribution in [1.29, 1.82) is 0 Å². The van der Waals surface area contributed by atoms with Crippen molar-refractivity contribution in [3.8, 4) is 0 Å². The number of nitrogens with one attached hydrogen (secondary N) is 1. The predicted octanol–water partition coefficient (Wildman–Crippen LogP) is 3.67. The predicted molar refractivity (Wildman–Crippen MR) is 133 cm³/mol. The van der Waals surface area contributed by atoms with Crippen LogP contribution in [0.2, 0.25) is 5.02 Å². The molecule has 1 atom stereocenters. The molecule has 2 rings (SSSR count). The summed E-state index contributed by atoms with van der Waals surface area (Å²) in [5, 5.41) is 3.08. The Hall–Kier alpha value is -2.58. The van der Waals surface area contributed by atoms with Gasteiger partial charge in [0.2, 0.25) is 21.8 Å². The van der Waals surface area contributed by atoms with Crippen molar-refractivity contribution in [3.05, 3.63) is 64.2 Å². The topological polar surface area (TPSA) is 86.8 Å². The van der Waals surface area contributed by atoms with Gasteiger partial charge in [0.15, 0.2) is 0 Å². The summed E-state index contributed by atoms with van der Waals surface area (Å²) in [4.78, 5) is 26.9. The number of hydrogen-bond donors (Lipinski definition) is 1. The van der Waals surface area contributed by atoms with Gasteiger partial charge in [0, 0.05) is 31.6 Å². The van der Waals surface area contributed by atoms with E-state index in [1.54, 1.807) is 19.1 Å². The molecular weight excluding hydrogens is 462 g/mol. The summed E-state index contributed by atoms with van der Waals surface area (Å²) in [6.07, 6.45) is 1.55. The second-order valence-corrected chi connectivity index (χ2v) is 10.5. The van der Waals surface area contributed by atoms with Crippen LogP contribution in [0.15, 0.2) is 42.5 Å². The summed E-state index contributed by atoms with van der Waals surface area (Å²) in [5.41, 5.74) is 3.23. The molecule has 2 aromatic rings. The molecule has 0 heterocycles. The van der Waals surface area contributed by atoms with Crippen LogP contribution in [-0.4, -0.2) is 51.0 Å². The molecule has 0 radical (unpaired) electrons. The minimum Gasteiger partial charge on any atom is -0.357 e. The number of anilines is 1. The third-order valence-corrected chi connectivity index (χ3v) is 6.92. The first-order chi connectivity index (χ1) is 15.4. The van der Waals surface area contributed by atoms with E-state index in [1.165, 1.54) is 16.3 Å². The number of sulfonamides is 1. The van der Waals surface area contributed by atoms with Crippen LogP contribution < -0.4 is 9.62 Å². The van der Waals surface area contributed by atoms with Gasteiger partial charge < -0.3 is 10.2 Å². The molecule has 2 amide bonds. The molecule has 1 N–H and O–H groups in total. The van der Waals surface area contributed by atoms with E-state index < -0.39 is 16.1 Å². The average molecular weight is 494 g/mol. The van der Waals surface area contributed by atoms with Gasteiger partial charge in [-0.2, -0.15) is 0 Å². The summed E-state index contributed by atoms with van der Waals surface area (Å²) in [5.74, 6) is -0.539. The van der Waals surface area contributed by atoms with Gasteiger partial charge in [-0.25, -0.2) is 8.42 Å². The van der Waals surface area contributed by atoms with Crippen molar-refractivity contribution in [1.82, 2.24) is 10.2 Å². The highest BCUT2D eigenvalue weighted by Crippen LogP contribution is 2.23. The zero-order valence-corrected chi connectivity index (χ0v) is 21.3. The molecule has 0 saturated carbocycles. The SMILES string of the molecule is CNC(=O)[C@H](C)N(Cc1ccccc1Cl)C(=O)CCCN(c1cc(C)cc(C)c1)S(C)(=O)=O. The first-order valence-electron chi connectivity index (χ1n) is 10.7. The first kappa shape index (κ1) is 26.7.